The number of nitrogens with two attached hydrogens (primary N) is 1. The van der Waals surface area contributed by atoms with E-state index >= 15 is 0 Å². The van der Waals surface area contributed by atoms with Crippen LogP contribution < -0.4 is 11.1 Å². The van der Waals surface area contributed by atoms with Gasteiger partial charge in [-0.3, -0.25) is 4.79 Å². The second-order valence-electron chi connectivity index (χ2n) is 5.57. The summed E-state index contributed by atoms with van der Waals surface area (Å²) in [5.41, 5.74) is 5.38. The summed E-state index contributed by atoms with van der Waals surface area (Å²) in [6, 6.07) is -0.178. The molecule has 16 heavy (non-hydrogen) atoms. The summed E-state index contributed by atoms with van der Waals surface area (Å²) in [6.07, 6.45) is 7.28. The van der Waals surface area contributed by atoms with E-state index in [2.05, 4.69) is 17.5 Å². The van der Waals surface area contributed by atoms with Gasteiger partial charge in [-0.1, -0.05) is 26.0 Å². The van der Waals surface area contributed by atoms with Crippen LogP contribution in [-0.4, -0.2) is 18.5 Å². The van der Waals surface area contributed by atoms with Gasteiger partial charge in [0.2, 0.25) is 5.91 Å². The second kappa shape index (κ2) is 4.58. The van der Waals surface area contributed by atoms with E-state index in [0.717, 1.165) is 18.4 Å². The molecular formula is C13H22N2O. The van der Waals surface area contributed by atoms with Gasteiger partial charge in [0.15, 0.2) is 0 Å². The Morgan fingerprint density at radius 2 is 2.19 bits per heavy atom. The van der Waals surface area contributed by atoms with E-state index in [1.165, 1.54) is 12.8 Å². The molecule has 2 bridgehead atoms. The molecule has 0 aromatic rings. The van der Waals surface area contributed by atoms with Crippen LogP contribution in [0.5, 0.6) is 0 Å². The Bertz CT molecular complexity index is 298. The first-order valence-corrected chi connectivity index (χ1v) is 6.29. The summed E-state index contributed by atoms with van der Waals surface area (Å²) in [7, 11) is 0. The lowest BCUT2D eigenvalue weighted by atomic mass is 9.92. The number of primary amides is 1. The van der Waals surface area contributed by atoms with Crippen LogP contribution in [0.4, 0.5) is 0 Å². The summed E-state index contributed by atoms with van der Waals surface area (Å²) in [6.45, 7) is 4.99. The molecule has 2 aliphatic carbocycles. The maximum atomic E-state index is 11.3. The fraction of sp³-hybridized carbons (Fsp3) is 0.769. The highest BCUT2D eigenvalue weighted by atomic mass is 16.1. The first kappa shape index (κ1) is 11.6. The SMILES string of the molecule is CC(C)C(NCC1CC2C=CC1C2)C(N)=O. The normalized spacial score (nSPS) is 33.6. The molecule has 0 aromatic heterocycles. The highest BCUT2D eigenvalue weighted by Gasteiger charge is 2.35. The summed E-state index contributed by atoms with van der Waals surface area (Å²) in [5, 5.41) is 3.34. The fourth-order valence-corrected chi connectivity index (χ4v) is 3.07. The molecule has 2 rings (SSSR count). The maximum absolute atomic E-state index is 11.3. The van der Waals surface area contributed by atoms with E-state index in [-0.39, 0.29) is 17.9 Å². The summed E-state index contributed by atoms with van der Waals surface area (Å²) in [5.74, 6) is 2.27. The molecule has 0 radical (unpaired) electrons. The van der Waals surface area contributed by atoms with Crippen molar-refractivity contribution in [2.24, 2.45) is 29.4 Å². The highest BCUT2D eigenvalue weighted by Crippen LogP contribution is 2.42. The van der Waals surface area contributed by atoms with E-state index in [0.29, 0.717) is 5.92 Å². The van der Waals surface area contributed by atoms with Crippen LogP contribution in [0.25, 0.3) is 0 Å². The van der Waals surface area contributed by atoms with E-state index in [9.17, 15) is 4.79 Å². The lowest BCUT2D eigenvalue weighted by molar-refractivity contribution is -0.121. The Morgan fingerprint density at radius 1 is 1.44 bits per heavy atom. The van der Waals surface area contributed by atoms with Crippen LogP contribution in [0.3, 0.4) is 0 Å². The standard InChI is InChI=1S/C13H22N2O/c1-8(2)12(13(14)16)15-7-11-6-9-3-4-10(11)5-9/h3-4,8-12,15H,5-7H2,1-2H3,(H2,14,16). The number of hydrogen-bond acceptors (Lipinski definition) is 2. The number of hydrogen-bond donors (Lipinski definition) is 2. The Labute approximate surface area is 97.5 Å². The predicted molar refractivity (Wildman–Crippen MR) is 64.7 cm³/mol. The maximum Gasteiger partial charge on any atom is 0.234 e. The summed E-state index contributed by atoms with van der Waals surface area (Å²) in [4.78, 5) is 11.3. The molecule has 0 aliphatic heterocycles. The zero-order valence-electron chi connectivity index (χ0n) is 10.1. The van der Waals surface area contributed by atoms with Crippen molar-refractivity contribution in [3.8, 4) is 0 Å². The molecule has 1 amide bonds. The number of carbonyl (C=O) groups excluding carboxylic acids is 1. The van der Waals surface area contributed by atoms with Gasteiger partial charge < -0.3 is 11.1 Å². The minimum Gasteiger partial charge on any atom is -0.368 e. The van der Waals surface area contributed by atoms with Gasteiger partial charge in [0.25, 0.3) is 0 Å². The number of allylic oxidation sites excluding steroid dienone is 2. The van der Waals surface area contributed by atoms with Gasteiger partial charge in [0, 0.05) is 0 Å². The van der Waals surface area contributed by atoms with Crippen molar-refractivity contribution in [2.75, 3.05) is 6.54 Å². The first-order chi connectivity index (χ1) is 7.58. The van der Waals surface area contributed by atoms with Crippen LogP contribution >= 0.6 is 0 Å². The van der Waals surface area contributed by atoms with Crippen LogP contribution in [0.15, 0.2) is 12.2 Å². The highest BCUT2D eigenvalue weighted by molar-refractivity contribution is 5.80. The van der Waals surface area contributed by atoms with Crippen molar-refractivity contribution in [1.82, 2.24) is 5.32 Å². The van der Waals surface area contributed by atoms with Crippen molar-refractivity contribution in [1.29, 1.82) is 0 Å². The summed E-state index contributed by atoms with van der Waals surface area (Å²) >= 11 is 0. The van der Waals surface area contributed by atoms with Crippen LogP contribution in [-0.2, 0) is 4.79 Å². The van der Waals surface area contributed by atoms with Crippen molar-refractivity contribution in [2.45, 2.75) is 32.7 Å². The molecule has 3 heteroatoms. The van der Waals surface area contributed by atoms with Gasteiger partial charge in [-0.25, -0.2) is 0 Å². The largest absolute Gasteiger partial charge is 0.368 e. The third-order valence-corrected chi connectivity index (χ3v) is 3.99. The van der Waals surface area contributed by atoms with Crippen LogP contribution in [0.2, 0.25) is 0 Å². The molecule has 0 saturated heterocycles. The monoisotopic (exact) mass is 222 g/mol. The average Bonchev–Trinajstić information content (AvgIpc) is 2.77. The first-order valence-electron chi connectivity index (χ1n) is 6.29. The Hall–Kier alpha value is -0.830. The number of carbonyl (C=O) groups is 1. The van der Waals surface area contributed by atoms with Crippen molar-refractivity contribution in [3.05, 3.63) is 12.2 Å². The third-order valence-electron chi connectivity index (χ3n) is 3.99. The molecule has 3 N–H and O–H groups in total. The number of amides is 1. The molecule has 0 aromatic carbocycles. The van der Waals surface area contributed by atoms with E-state index in [1.54, 1.807) is 0 Å². The minimum atomic E-state index is -0.228. The van der Waals surface area contributed by atoms with Crippen molar-refractivity contribution < 1.29 is 4.79 Å². The van der Waals surface area contributed by atoms with E-state index in [1.807, 2.05) is 13.8 Å². The topological polar surface area (TPSA) is 55.1 Å². The van der Waals surface area contributed by atoms with Crippen LogP contribution in [0, 0.1) is 23.7 Å². The fourth-order valence-electron chi connectivity index (χ4n) is 3.07. The second-order valence-corrected chi connectivity index (χ2v) is 5.57. The Balaban J connectivity index is 1.82. The van der Waals surface area contributed by atoms with Crippen LogP contribution in [0.1, 0.15) is 26.7 Å². The molecule has 0 spiro atoms. The summed E-state index contributed by atoms with van der Waals surface area (Å²) < 4.78 is 0. The smallest absolute Gasteiger partial charge is 0.234 e. The molecule has 1 saturated carbocycles. The zero-order chi connectivity index (χ0) is 11.7. The molecule has 2 aliphatic rings. The molecule has 1 fully saturated rings. The van der Waals surface area contributed by atoms with Gasteiger partial charge >= 0.3 is 0 Å². The zero-order valence-corrected chi connectivity index (χ0v) is 10.1. The molecule has 90 valence electrons. The van der Waals surface area contributed by atoms with Gasteiger partial charge in [0.05, 0.1) is 6.04 Å². The van der Waals surface area contributed by atoms with E-state index in [4.69, 9.17) is 5.73 Å². The number of fused-ring (bicyclic) bond motifs is 2. The molecular weight excluding hydrogens is 200 g/mol. The average molecular weight is 222 g/mol. The molecule has 4 atom stereocenters. The number of nitrogens with one attached hydrogen (secondary N) is 1. The third kappa shape index (κ3) is 2.29. The Kier molecular flexibility index (Phi) is 3.33. The van der Waals surface area contributed by atoms with Gasteiger partial charge in [-0.05, 0) is 43.1 Å². The van der Waals surface area contributed by atoms with Gasteiger partial charge in [0.1, 0.15) is 0 Å². The lowest BCUT2D eigenvalue weighted by Gasteiger charge is -2.24. The molecule has 3 nitrogen and oxygen atoms in total. The number of rotatable bonds is 5. The minimum absolute atomic E-state index is 0.178. The quantitative estimate of drug-likeness (QED) is 0.689. The Morgan fingerprint density at radius 3 is 2.62 bits per heavy atom. The van der Waals surface area contributed by atoms with Crippen molar-refractivity contribution >= 4 is 5.91 Å². The van der Waals surface area contributed by atoms with E-state index < -0.39 is 0 Å². The van der Waals surface area contributed by atoms with Crippen molar-refractivity contribution in [3.63, 3.8) is 0 Å². The molecule has 4 unspecified atom stereocenters. The van der Waals surface area contributed by atoms with Gasteiger partial charge in [-0.2, -0.15) is 0 Å². The van der Waals surface area contributed by atoms with Gasteiger partial charge in [-0.15, -0.1) is 0 Å². The lowest BCUT2D eigenvalue weighted by Crippen LogP contribution is -2.47. The molecule has 0 heterocycles. The predicted octanol–water partition coefficient (Wildman–Crippen LogP) is 1.30.